The van der Waals surface area contributed by atoms with Crippen molar-refractivity contribution >= 4 is 12.1 Å². The van der Waals surface area contributed by atoms with Gasteiger partial charge in [0.1, 0.15) is 0 Å². The van der Waals surface area contributed by atoms with Crippen LogP contribution in [0.2, 0.25) is 0 Å². The summed E-state index contributed by atoms with van der Waals surface area (Å²) in [4.78, 5) is 23.0. The number of hydrogen-bond acceptors (Lipinski definition) is 4. The third kappa shape index (κ3) is 2.50. The topological polar surface area (TPSA) is 58.6 Å². The Hall–Kier alpha value is -1.10. The van der Waals surface area contributed by atoms with E-state index >= 15 is 0 Å². The highest BCUT2D eigenvalue weighted by molar-refractivity contribution is 5.83. The van der Waals surface area contributed by atoms with Crippen LogP contribution in [0.4, 0.5) is 4.79 Å². The average Bonchev–Trinajstić information content (AvgIpc) is 2.05. The fourth-order valence-corrected chi connectivity index (χ4v) is 1.03. The Bertz CT molecular complexity index is 187. The molecule has 0 radical (unpaired) electrons. The Morgan fingerprint density at radius 3 is 2.42 bits per heavy atom. The van der Waals surface area contributed by atoms with Crippen LogP contribution in [0.1, 0.15) is 6.92 Å². The summed E-state index contributed by atoms with van der Waals surface area (Å²) in [6.07, 6.45) is -0.538. The van der Waals surface area contributed by atoms with Crippen LogP contribution < -0.4 is 5.32 Å². The van der Waals surface area contributed by atoms with E-state index in [4.69, 9.17) is 0 Å². The highest BCUT2D eigenvalue weighted by Gasteiger charge is 2.18. The number of rotatable bonds is 0. The molecule has 0 saturated carbocycles. The van der Waals surface area contributed by atoms with Crippen molar-refractivity contribution in [2.45, 2.75) is 6.92 Å². The first kappa shape index (κ1) is 8.99. The number of ether oxygens (including phenoxy) is 1. The molecule has 0 aliphatic carbocycles. The molecule has 0 atom stereocenters. The van der Waals surface area contributed by atoms with E-state index in [0.29, 0.717) is 13.1 Å². The first-order valence-corrected chi connectivity index (χ1v) is 3.88. The van der Waals surface area contributed by atoms with Gasteiger partial charge in [-0.1, -0.05) is 0 Å². The first-order valence-electron chi connectivity index (χ1n) is 3.88. The average molecular weight is 172 g/mol. The zero-order valence-electron chi connectivity index (χ0n) is 7.00. The summed E-state index contributed by atoms with van der Waals surface area (Å²) in [5.41, 5.74) is 0. The molecule has 5 heteroatoms. The minimum absolute atomic E-state index is 0.538. The Kier molecular flexibility index (Phi) is 3.04. The van der Waals surface area contributed by atoms with E-state index in [1.54, 1.807) is 0 Å². The molecule has 1 saturated heterocycles. The van der Waals surface area contributed by atoms with Crippen molar-refractivity contribution in [2.75, 3.05) is 26.2 Å². The van der Waals surface area contributed by atoms with Gasteiger partial charge in [-0.25, -0.2) is 4.79 Å². The van der Waals surface area contributed by atoms with Crippen molar-refractivity contribution in [1.82, 2.24) is 10.2 Å². The SMILES string of the molecule is CC(=O)OC(=O)N1CCNCC1. The third-order valence-electron chi connectivity index (χ3n) is 1.61. The number of piperazine rings is 1. The Balaban J connectivity index is 2.34. The van der Waals surface area contributed by atoms with Gasteiger partial charge in [-0.05, 0) is 0 Å². The van der Waals surface area contributed by atoms with Gasteiger partial charge in [-0.15, -0.1) is 0 Å². The number of carbonyl (C=O) groups is 2. The van der Waals surface area contributed by atoms with E-state index < -0.39 is 12.1 Å². The second kappa shape index (κ2) is 4.06. The lowest BCUT2D eigenvalue weighted by Gasteiger charge is -2.25. The van der Waals surface area contributed by atoms with Gasteiger partial charge in [0.15, 0.2) is 0 Å². The second-order valence-corrected chi connectivity index (χ2v) is 2.60. The van der Waals surface area contributed by atoms with Crippen LogP contribution >= 0.6 is 0 Å². The predicted molar refractivity (Wildman–Crippen MR) is 41.6 cm³/mol. The molecular weight excluding hydrogens is 160 g/mol. The Morgan fingerprint density at radius 1 is 1.33 bits per heavy atom. The van der Waals surface area contributed by atoms with Crippen LogP contribution in [-0.4, -0.2) is 43.1 Å². The van der Waals surface area contributed by atoms with Crippen LogP contribution in [0.3, 0.4) is 0 Å². The van der Waals surface area contributed by atoms with Crippen molar-refractivity contribution < 1.29 is 14.3 Å². The minimum Gasteiger partial charge on any atom is -0.376 e. The van der Waals surface area contributed by atoms with Crippen LogP contribution in [0, 0.1) is 0 Å². The molecule has 1 N–H and O–H groups in total. The monoisotopic (exact) mass is 172 g/mol. The lowest BCUT2D eigenvalue weighted by Crippen LogP contribution is -2.46. The van der Waals surface area contributed by atoms with Gasteiger partial charge >= 0.3 is 12.1 Å². The zero-order chi connectivity index (χ0) is 8.97. The molecule has 1 heterocycles. The van der Waals surface area contributed by atoms with Crippen LogP contribution in [0.5, 0.6) is 0 Å². The van der Waals surface area contributed by atoms with Gasteiger partial charge in [0, 0.05) is 33.1 Å². The summed E-state index contributed by atoms with van der Waals surface area (Å²) in [6.45, 7) is 3.94. The molecule has 0 aromatic carbocycles. The number of hydrogen-bond donors (Lipinski definition) is 1. The second-order valence-electron chi connectivity index (χ2n) is 2.60. The van der Waals surface area contributed by atoms with Gasteiger partial charge in [0.2, 0.25) is 0 Å². The third-order valence-corrected chi connectivity index (χ3v) is 1.61. The first-order chi connectivity index (χ1) is 5.70. The van der Waals surface area contributed by atoms with Gasteiger partial charge in [-0.2, -0.15) is 0 Å². The van der Waals surface area contributed by atoms with Crippen molar-refractivity contribution in [2.24, 2.45) is 0 Å². The summed E-state index contributed by atoms with van der Waals surface area (Å²) in [5.74, 6) is -0.557. The normalized spacial score (nSPS) is 17.2. The number of amides is 1. The van der Waals surface area contributed by atoms with Crippen molar-refractivity contribution in [1.29, 1.82) is 0 Å². The molecule has 0 aromatic heterocycles. The Labute approximate surface area is 70.7 Å². The quantitative estimate of drug-likeness (QED) is 0.398. The fraction of sp³-hybridized carbons (Fsp3) is 0.714. The minimum atomic E-state index is -0.557. The molecule has 0 unspecified atom stereocenters. The molecule has 0 spiro atoms. The smallest absolute Gasteiger partial charge is 0.376 e. The summed E-state index contributed by atoms with van der Waals surface area (Å²) < 4.78 is 4.41. The van der Waals surface area contributed by atoms with Crippen molar-refractivity contribution in [3.05, 3.63) is 0 Å². The number of carbonyl (C=O) groups excluding carboxylic acids is 2. The van der Waals surface area contributed by atoms with Gasteiger partial charge in [-0.3, -0.25) is 4.79 Å². The van der Waals surface area contributed by atoms with Gasteiger partial charge in [0.25, 0.3) is 0 Å². The van der Waals surface area contributed by atoms with E-state index in [-0.39, 0.29) is 0 Å². The molecule has 0 aromatic rings. The molecule has 1 rings (SSSR count). The van der Waals surface area contributed by atoms with Crippen LogP contribution in [0.15, 0.2) is 0 Å². The van der Waals surface area contributed by atoms with E-state index in [9.17, 15) is 9.59 Å². The molecule has 1 fully saturated rings. The molecular formula is C7H12N2O3. The fourth-order valence-electron chi connectivity index (χ4n) is 1.03. The summed E-state index contributed by atoms with van der Waals surface area (Å²) in [5, 5.41) is 3.09. The zero-order valence-corrected chi connectivity index (χ0v) is 7.00. The lowest BCUT2D eigenvalue weighted by molar-refractivity contribution is -0.135. The van der Waals surface area contributed by atoms with E-state index in [2.05, 4.69) is 10.1 Å². The van der Waals surface area contributed by atoms with E-state index in [1.165, 1.54) is 11.8 Å². The summed E-state index contributed by atoms with van der Waals surface area (Å²) >= 11 is 0. The van der Waals surface area contributed by atoms with E-state index in [0.717, 1.165) is 13.1 Å². The molecule has 68 valence electrons. The maximum atomic E-state index is 11.1. The highest BCUT2D eigenvalue weighted by atomic mass is 16.6. The lowest BCUT2D eigenvalue weighted by atomic mass is 10.4. The largest absolute Gasteiger partial charge is 0.417 e. The van der Waals surface area contributed by atoms with E-state index in [1.807, 2.05) is 0 Å². The molecule has 1 aliphatic heterocycles. The van der Waals surface area contributed by atoms with Crippen molar-refractivity contribution in [3.8, 4) is 0 Å². The van der Waals surface area contributed by atoms with Gasteiger partial charge in [0.05, 0.1) is 0 Å². The van der Waals surface area contributed by atoms with Crippen LogP contribution in [0.25, 0.3) is 0 Å². The number of nitrogens with one attached hydrogen (secondary N) is 1. The summed E-state index contributed by atoms with van der Waals surface area (Å²) in [7, 11) is 0. The number of nitrogens with zero attached hydrogens (tertiary/aromatic N) is 1. The van der Waals surface area contributed by atoms with Crippen molar-refractivity contribution in [3.63, 3.8) is 0 Å². The predicted octanol–water partition coefficient (Wildman–Crippen LogP) is -0.425. The molecule has 1 aliphatic rings. The Morgan fingerprint density at radius 2 is 1.92 bits per heavy atom. The maximum Gasteiger partial charge on any atom is 0.417 e. The summed E-state index contributed by atoms with van der Waals surface area (Å²) in [6, 6.07) is 0. The van der Waals surface area contributed by atoms with Gasteiger partial charge < -0.3 is 15.0 Å². The molecule has 1 amide bonds. The van der Waals surface area contributed by atoms with Crippen LogP contribution in [-0.2, 0) is 9.53 Å². The number of esters is 1. The molecule has 5 nitrogen and oxygen atoms in total. The standard InChI is InChI=1S/C7H12N2O3/c1-6(10)12-7(11)9-4-2-8-3-5-9/h8H,2-5H2,1H3. The highest BCUT2D eigenvalue weighted by Crippen LogP contribution is 1.96. The maximum absolute atomic E-state index is 11.1. The molecule has 0 bridgehead atoms. The molecule has 12 heavy (non-hydrogen) atoms.